The first-order valence-corrected chi connectivity index (χ1v) is 7.11. The summed E-state index contributed by atoms with van der Waals surface area (Å²) in [4.78, 5) is 33.9. The molecule has 0 unspecified atom stereocenters. The summed E-state index contributed by atoms with van der Waals surface area (Å²) in [5, 5.41) is 13.5. The van der Waals surface area contributed by atoms with Crippen molar-refractivity contribution in [2.24, 2.45) is 0 Å². The van der Waals surface area contributed by atoms with Gasteiger partial charge in [0, 0.05) is 34.4 Å². The highest BCUT2D eigenvalue weighted by molar-refractivity contribution is 7.99. The lowest BCUT2D eigenvalue weighted by molar-refractivity contribution is -0.384. The van der Waals surface area contributed by atoms with E-state index in [4.69, 9.17) is 0 Å². The number of para-hydroxylation sites is 1. The van der Waals surface area contributed by atoms with Crippen LogP contribution in [0, 0.1) is 10.1 Å². The molecule has 2 rings (SSSR count). The standard InChI is InChI=1S/C15H12N2O4S/c1-10(19)16-13-4-2-3-5-15(13)22-14-7-6-12(17(20)21)8-11(14)9-18/h2-9H,1H3,(H,16,19). The van der Waals surface area contributed by atoms with Crippen LogP contribution in [-0.2, 0) is 4.79 Å². The molecule has 0 radical (unpaired) electrons. The largest absolute Gasteiger partial charge is 0.325 e. The lowest BCUT2D eigenvalue weighted by Crippen LogP contribution is -2.06. The van der Waals surface area contributed by atoms with Crippen LogP contribution in [0.25, 0.3) is 0 Å². The first-order chi connectivity index (χ1) is 10.5. The fourth-order valence-corrected chi connectivity index (χ4v) is 2.78. The van der Waals surface area contributed by atoms with Crippen LogP contribution in [0.5, 0.6) is 0 Å². The summed E-state index contributed by atoms with van der Waals surface area (Å²) in [6.07, 6.45) is 0.580. The molecule has 0 bridgehead atoms. The van der Waals surface area contributed by atoms with Gasteiger partial charge < -0.3 is 5.32 Å². The number of nitrogens with zero attached hydrogens (tertiary/aromatic N) is 1. The summed E-state index contributed by atoms with van der Waals surface area (Å²) in [5.41, 5.74) is 0.716. The molecule has 0 saturated carbocycles. The first kappa shape index (κ1) is 15.7. The Balaban J connectivity index is 2.37. The molecule has 6 nitrogen and oxygen atoms in total. The molecule has 2 aromatic rings. The molecule has 22 heavy (non-hydrogen) atoms. The van der Waals surface area contributed by atoms with E-state index in [2.05, 4.69) is 5.32 Å². The molecular weight excluding hydrogens is 304 g/mol. The monoisotopic (exact) mass is 316 g/mol. The quantitative estimate of drug-likeness (QED) is 0.518. The fourth-order valence-electron chi connectivity index (χ4n) is 1.80. The van der Waals surface area contributed by atoms with Gasteiger partial charge >= 0.3 is 0 Å². The van der Waals surface area contributed by atoms with E-state index in [1.807, 2.05) is 0 Å². The first-order valence-electron chi connectivity index (χ1n) is 6.29. The van der Waals surface area contributed by atoms with Gasteiger partial charge in [0.25, 0.3) is 5.69 Å². The second-order valence-corrected chi connectivity index (χ2v) is 5.46. The molecule has 0 heterocycles. The third kappa shape index (κ3) is 3.70. The van der Waals surface area contributed by atoms with Crippen molar-refractivity contribution in [1.82, 2.24) is 0 Å². The second-order valence-electron chi connectivity index (χ2n) is 4.38. The highest BCUT2D eigenvalue weighted by Gasteiger charge is 2.13. The lowest BCUT2D eigenvalue weighted by atomic mass is 10.2. The van der Waals surface area contributed by atoms with Crippen LogP contribution in [0.2, 0.25) is 0 Å². The minimum Gasteiger partial charge on any atom is -0.325 e. The third-order valence-corrected chi connectivity index (χ3v) is 3.92. The van der Waals surface area contributed by atoms with Crippen molar-refractivity contribution in [3.05, 3.63) is 58.1 Å². The number of anilines is 1. The van der Waals surface area contributed by atoms with Crippen molar-refractivity contribution in [2.75, 3.05) is 5.32 Å². The summed E-state index contributed by atoms with van der Waals surface area (Å²) in [5.74, 6) is -0.202. The van der Waals surface area contributed by atoms with Crippen LogP contribution < -0.4 is 5.32 Å². The Hall–Kier alpha value is -2.67. The van der Waals surface area contributed by atoms with E-state index in [-0.39, 0.29) is 17.2 Å². The molecule has 1 N–H and O–H groups in total. The lowest BCUT2D eigenvalue weighted by Gasteiger charge is -2.10. The maximum atomic E-state index is 11.2. The van der Waals surface area contributed by atoms with Crippen molar-refractivity contribution in [2.45, 2.75) is 16.7 Å². The van der Waals surface area contributed by atoms with Gasteiger partial charge in [-0.05, 0) is 18.2 Å². The number of hydrogen-bond acceptors (Lipinski definition) is 5. The maximum Gasteiger partial charge on any atom is 0.270 e. The Bertz CT molecular complexity index is 746. The summed E-state index contributed by atoms with van der Waals surface area (Å²) >= 11 is 1.26. The Morgan fingerprint density at radius 3 is 2.59 bits per heavy atom. The summed E-state index contributed by atoms with van der Waals surface area (Å²) < 4.78 is 0. The molecule has 0 saturated heterocycles. The molecule has 0 aliphatic heterocycles. The van der Waals surface area contributed by atoms with Gasteiger partial charge in [-0.1, -0.05) is 23.9 Å². The average molecular weight is 316 g/mol. The van der Waals surface area contributed by atoms with Crippen LogP contribution in [0.1, 0.15) is 17.3 Å². The van der Waals surface area contributed by atoms with E-state index >= 15 is 0 Å². The number of non-ortho nitro benzene ring substituents is 1. The molecule has 2 aromatic carbocycles. The minimum absolute atomic E-state index is 0.137. The van der Waals surface area contributed by atoms with E-state index < -0.39 is 4.92 Å². The van der Waals surface area contributed by atoms with Crippen LogP contribution in [0.15, 0.2) is 52.3 Å². The Morgan fingerprint density at radius 1 is 1.23 bits per heavy atom. The number of amides is 1. The van der Waals surface area contributed by atoms with E-state index in [1.54, 1.807) is 24.3 Å². The summed E-state index contributed by atoms with van der Waals surface area (Å²) in [7, 11) is 0. The van der Waals surface area contributed by atoms with Gasteiger partial charge in [-0.3, -0.25) is 19.7 Å². The van der Waals surface area contributed by atoms with Crippen LogP contribution in [-0.4, -0.2) is 17.1 Å². The Morgan fingerprint density at radius 2 is 1.95 bits per heavy atom. The van der Waals surface area contributed by atoms with Gasteiger partial charge in [0.15, 0.2) is 6.29 Å². The summed E-state index contributed by atoms with van der Waals surface area (Å²) in [6, 6.07) is 11.2. The predicted octanol–water partition coefficient (Wildman–Crippen LogP) is 3.52. The van der Waals surface area contributed by atoms with E-state index in [0.29, 0.717) is 16.9 Å². The smallest absolute Gasteiger partial charge is 0.270 e. The molecule has 0 atom stereocenters. The van der Waals surface area contributed by atoms with Gasteiger partial charge in [-0.15, -0.1) is 0 Å². The van der Waals surface area contributed by atoms with E-state index in [9.17, 15) is 19.7 Å². The van der Waals surface area contributed by atoms with Crippen molar-refractivity contribution < 1.29 is 14.5 Å². The molecule has 0 aliphatic carbocycles. The van der Waals surface area contributed by atoms with E-state index in [1.165, 1.54) is 36.9 Å². The average Bonchev–Trinajstić information content (AvgIpc) is 2.48. The van der Waals surface area contributed by atoms with Crippen LogP contribution >= 0.6 is 11.8 Å². The van der Waals surface area contributed by atoms with Crippen LogP contribution in [0.3, 0.4) is 0 Å². The molecule has 0 spiro atoms. The topological polar surface area (TPSA) is 89.3 Å². The summed E-state index contributed by atoms with van der Waals surface area (Å²) in [6.45, 7) is 1.41. The molecule has 0 aromatic heterocycles. The third-order valence-electron chi connectivity index (χ3n) is 2.75. The van der Waals surface area contributed by atoms with Gasteiger partial charge in [0.2, 0.25) is 5.91 Å². The van der Waals surface area contributed by atoms with Gasteiger partial charge in [0.1, 0.15) is 0 Å². The van der Waals surface area contributed by atoms with Crippen molar-refractivity contribution >= 4 is 35.3 Å². The molecule has 0 fully saturated rings. The van der Waals surface area contributed by atoms with Gasteiger partial charge in [0.05, 0.1) is 10.6 Å². The molecular formula is C15H12N2O4S. The Kier molecular flexibility index (Phi) is 4.90. The zero-order valence-electron chi connectivity index (χ0n) is 11.6. The number of hydrogen-bond donors (Lipinski definition) is 1. The highest BCUT2D eigenvalue weighted by Crippen LogP contribution is 2.36. The number of nitro benzene ring substituents is 1. The number of nitrogens with one attached hydrogen (secondary N) is 1. The van der Waals surface area contributed by atoms with Crippen molar-refractivity contribution in [1.29, 1.82) is 0 Å². The zero-order chi connectivity index (χ0) is 16.1. The number of rotatable bonds is 5. The van der Waals surface area contributed by atoms with Crippen LogP contribution in [0.4, 0.5) is 11.4 Å². The SMILES string of the molecule is CC(=O)Nc1ccccc1Sc1ccc([N+](=O)[O-])cc1C=O. The number of benzene rings is 2. The zero-order valence-corrected chi connectivity index (χ0v) is 12.4. The number of carbonyl (C=O) groups is 2. The molecule has 0 aliphatic rings. The molecule has 1 amide bonds. The predicted molar refractivity (Wildman–Crippen MR) is 83.4 cm³/mol. The second kappa shape index (κ2) is 6.86. The Labute approximate surface area is 130 Å². The van der Waals surface area contributed by atoms with Crippen molar-refractivity contribution in [3.8, 4) is 0 Å². The fraction of sp³-hybridized carbons (Fsp3) is 0.0667. The van der Waals surface area contributed by atoms with Crippen molar-refractivity contribution in [3.63, 3.8) is 0 Å². The molecule has 7 heteroatoms. The maximum absolute atomic E-state index is 11.2. The minimum atomic E-state index is -0.549. The number of nitro groups is 1. The van der Waals surface area contributed by atoms with Gasteiger partial charge in [-0.25, -0.2) is 0 Å². The van der Waals surface area contributed by atoms with Gasteiger partial charge in [-0.2, -0.15) is 0 Å². The normalized spacial score (nSPS) is 10.0. The number of carbonyl (C=O) groups excluding carboxylic acids is 2. The highest BCUT2D eigenvalue weighted by atomic mass is 32.2. The number of aldehydes is 1. The molecule has 112 valence electrons. The van der Waals surface area contributed by atoms with E-state index in [0.717, 1.165) is 4.90 Å².